The van der Waals surface area contributed by atoms with E-state index in [9.17, 15) is 0 Å². The second kappa shape index (κ2) is 15.6. The molecule has 0 fully saturated rings. The van der Waals surface area contributed by atoms with Crippen LogP contribution in [-0.4, -0.2) is 6.01 Å². The van der Waals surface area contributed by atoms with Gasteiger partial charge in [0.1, 0.15) is 6.01 Å². The maximum absolute atomic E-state index is 4.55. The summed E-state index contributed by atoms with van der Waals surface area (Å²) in [5, 5.41) is 0. The fourth-order valence-electron chi connectivity index (χ4n) is 3.87. The molecule has 162 valence electrons. The van der Waals surface area contributed by atoms with Crippen molar-refractivity contribution in [3.8, 4) is 0 Å². The zero-order valence-corrected chi connectivity index (χ0v) is 19.2. The minimum Gasteiger partial charge on any atom is -0.187 e. The fraction of sp³-hybridized carbons (Fsp3) is 0.536. The lowest BCUT2D eigenvalue weighted by Gasteiger charge is -2.05. The summed E-state index contributed by atoms with van der Waals surface area (Å²) < 4.78 is 0. The van der Waals surface area contributed by atoms with Crippen molar-refractivity contribution in [1.82, 2.24) is 0 Å². The van der Waals surface area contributed by atoms with E-state index in [-0.39, 0.29) is 0 Å². The first-order valence-corrected chi connectivity index (χ1v) is 12.2. The van der Waals surface area contributed by atoms with Gasteiger partial charge in [-0.25, -0.2) is 0 Å². The zero-order chi connectivity index (χ0) is 21.3. The monoisotopic (exact) mass is 404 g/mol. The molecule has 0 spiro atoms. The molecule has 2 heteroatoms. The van der Waals surface area contributed by atoms with Crippen molar-refractivity contribution in [2.45, 2.75) is 97.3 Å². The SMILES string of the molecule is CCCCCCCCCCCCc1ccccc1N=C=Nc1ccccc1CCC. The summed E-state index contributed by atoms with van der Waals surface area (Å²) >= 11 is 0. The van der Waals surface area contributed by atoms with Crippen LogP contribution in [0.15, 0.2) is 58.5 Å². The minimum atomic E-state index is 0.982. The van der Waals surface area contributed by atoms with Crippen LogP contribution in [0, 0.1) is 0 Å². The molecule has 0 unspecified atom stereocenters. The minimum absolute atomic E-state index is 0.982. The first-order chi connectivity index (χ1) is 14.8. The number of rotatable bonds is 15. The molecule has 0 heterocycles. The van der Waals surface area contributed by atoms with Crippen molar-refractivity contribution in [2.75, 3.05) is 0 Å². The van der Waals surface area contributed by atoms with Crippen LogP contribution in [0.4, 0.5) is 11.4 Å². The van der Waals surface area contributed by atoms with Gasteiger partial charge in [0, 0.05) is 0 Å². The second-order valence-corrected chi connectivity index (χ2v) is 8.26. The molecule has 0 saturated heterocycles. The molecule has 0 bridgehead atoms. The van der Waals surface area contributed by atoms with E-state index < -0.39 is 0 Å². The molecule has 0 aliphatic rings. The number of benzene rings is 2. The summed E-state index contributed by atoms with van der Waals surface area (Å²) in [6.07, 6.45) is 16.9. The lowest BCUT2D eigenvalue weighted by molar-refractivity contribution is 0.556. The molecule has 30 heavy (non-hydrogen) atoms. The van der Waals surface area contributed by atoms with Gasteiger partial charge in [0.05, 0.1) is 11.4 Å². The van der Waals surface area contributed by atoms with Gasteiger partial charge in [-0.15, -0.1) is 0 Å². The highest BCUT2D eigenvalue weighted by atomic mass is 14.8. The number of para-hydroxylation sites is 2. The van der Waals surface area contributed by atoms with E-state index in [1.807, 2.05) is 18.2 Å². The number of unbranched alkanes of at least 4 members (excludes halogenated alkanes) is 9. The fourth-order valence-corrected chi connectivity index (χ4v) is 3.87. The smallest absolute Gasteiger partial charge is 0.100 e. The third kappa shape index (κ3) is 9.55. The molecule has 0 aliphatic heterocycles. The molecule has 2 aromatic rings. The van der Waals surface area contributed by atoms with Crippen molar-refractivity contribution in [2.24, 2.45) is 9.98 Å². The summed E-state index contributed by atoms with van der Waals surface area (Å²) in [4.78, 5) is 9.05. The number of nitrogens with zero attached hydrogens (tertiary/aromatic N) is 2. The van der Waals surface area contributed by atoms with Gasteiger partial charge in [-0.3, -0.25) is 0 Å². The molecule has 0 radical (unpaired) electrons. The van der Waals surface area contributed by atoms with Crippen molar-refractivity contribution in [3.63, 3.8) is 0 Å². The topological polar surface area (TPSA) is 24.7 Å². The molecular formula is C28H40N2. The van der Waals surface area contributed by atoms with Gasteiger partial charge < -0.3 is 0 Å². The maximum Gasteiger partial charge on any atom is 0.100 e. The predicted molar refractivity (Wildman–Crippen MR) is 132 cm³/mol. The Bertz CT molecular complexity index is 772. The van der Waals surface area contributed by atoms with Crippen LogP contribution in [0.25, 0.3) is 0 Å². The van der Waals surface area contributed by atoms with Gasteiger partial charge in [-0.05, 0) is 42.5 Å². The van der Waals surface area contributed by atoms with Gasteiger partial charge in [-0.1, -0.05) is 114 Å². The molecule has 0 aliphatic carbocycles. The summed E-state index contributed by atoms with van der Waals surface area (Å²) in [6.45, 7) is 4.47. The quantitative estimate of drug-likeness (QED) is 0.209. The van der Waals surface area contributed by atoms with E-state index in [0.717, 1.165) is 30.6 Å². The molecule has 0 saturated carbocycles. The summed E-state index contributed by atoms with van der Waals surface area (Å²) in [6, 6.07) is 19.7. The van der Waals surface area contributed by atoms with Crippen LogP contribution in [-0.2, 0) is 12.8 Å². The van der Waals surface area contributed by atoms with E-state index in [2.05, 4.69) is 60.2 Å². The Balaban J connectivity index is 1.79. The lowest BCUT2D eigenvalue weighted by Crippen LogP contribution is -1.87. The highest BCUT2D eigenvalue weighted by Crippen LogP contribution is 2.22. The van der Waals surface area contributed by atoms with Gasteiger partial charge in [-0.2, -0.15) is 9.98 Å². The van der Waals surface area contributed by atoms with Gasteiger partial charge >= 0.3 is 0 Å². The molecule has 2 rings (SSSR count). The zero-order valence-electron chi connectivity index (χ0n) is 19.2. The first-order valence-electron chi connectivity index (χ1n) is 12.2. The largest absolute Gasteiger partial charge is 0.187 e. The van der Waals surface area contributed by atoms with Crippen LogP contribution >= 0.6 is 0 Å². The Kier molecular flexibility index (Phi) is 12.6. The van der Waals surface area contributed by atoms with Crippen molar-refractivity contribution in [1.29, 1.82) is 0 Å². The Morgan fingerprint density at radius 2 is 1.00 bits per heavy atom. The molecule has 2 nitrogen and oxygen atoms in total. The molecule has 0 N–H and O–H groups in total. The number of hydrogen-bond donors (Lipinski definition) is 0. The van der Waals surface area contributed by atoms with Crippen LogP contribution in [0.2, 0.25) is 0 Å². The third-order valence-corrected chi connectivity index (χ3v) is 5.64. The van der Waals surface area contributed by atoms with Crippen LogP contribution in [0.3, 0.4) is 0 Å². The highest BCUT2D eigenvalue weighted by molar-refractivity contribution is 5.61. The number of aliphatic imine (C=N–C) groups is 2. The summed E-state index contributed by atoms with van der Waals surface area (Å²) in [5.74, 6) is 0. The van der Waals surface area contributed by atoms with E-state index in [1.54, 1.807) is 0 Å². The van der Waals surface area contributed by atoms with E-state index in [1.165, 1.54) is 75.3 Å². The maximum atomic E-state index is 4.55. The van der Waals surface area contributed by atoms with Crippen LogP contribution < -0.4 is 0 Å². The van der Waals surface area contributed by atoms with E-state index >= 15 is 0 Å². The van der Waals surface area contributed by atoms with E-state index in [0.29, 0.717) is 0 Å². The van der Waals surface area contributed by atoms with Gasteiger partial charge in [0.2, 0.25) is 0 Å². The Labute approximate surface area is 184 Å². The third-order valence-electron chi connectivity index (χ3n) is 5.64. The van der Waals surface area contributed by atoms with Crippen molar-refractivity contribution < 1.29 is 0 Å². The number of hydrogen-bond acceptors (Lipinski definition) is 2. The summed E-state index contributed by atoms with van der Waals surface area (Å²) in [5.41, 5.74) is 4.56. The molecule has 0 amide bonds. The number of aryl methyl sites for hydroxylation is 2. The van der Waals surface area contributed by atoms with E-state index in [4.69, 9.17) is 0 Å². The first kappa shape index (κ1) is 24.1. The lowest BCUT2D eigenvalue weighted by atomic mass is 10.0. The normalized spacial score (nSPS) is 10.6. The van der Waals surface area contributed by atoms with Crippen molar-refractivity contribution >= 4 is 17.4 Å². The Hall–Kier alpha value is -2.18. The molecular weight excluding hydrogens is 364 g/mol. The highest BCUT2D eigenvalue weighted by Gasteiger charge is 2.01. The molecule has 0 aromatic heterocycles. The van der Waals surface area contributed by atoms with Crippen LogP contribution in [0.5, 0.6) is 0 Å². The van der Waals surface area contributed by atoms with Gasteiger partial charge in [0.15, 0.2) is 0 Å². The molecule has 0 atom stereocenters. The molecule has 2 aromatic carbocycles. The predicted octanol–water partition coefficient (Wildman–Crippen LogP) is 9.24. The van der Waals surface area contributed by atoms with Crippen molar-refractivity contribution in [3.05, 3.63) is 59.7 Å². The standard InChI is InChI=1S/C28H40N2/c1-3-5-6-7-8-9-10-11-12-13-19-26-21-15-17-23-28(26)30-24-29-27-22-16-14-20-25(27)18-4-2/h14-17,20-23H,3-13,18-19H2,1-2H3. The van der Waals surface area contributed by atoms with Gasteiger partial charge in [0.25, 0.3) is 0 Å². The Morgan fingerprint density at radius 1 is 0.533 bits per heavy atom. The Morgan fingerprint density at radius 3 is 1.53 bits per heavy atom. The van der Waals surface area contributed by atoms with Crippen LogP contribution in [0.1, 0.15) is 95.6 Å². The second-order valence-electron chi connectivity index (χ2n) is 8.26. The summed E-state index contributed by atoms with van der Waals surface area (Å²) in [7, 11) is 0. The average Bonchev–Trinajstić information content (AvgIpc) is 2.77. The average molecular weight is 405 g/mol.